The summed E-state index contributed by atoms with van der Waals surface area (Å²) in [7, 11) is 0. The van der Waals surface area contributed by atoms with Crippen LogP contribution in [0.5, 0.6) is 0 Å². The standard InChI is InChI=1S/C13H15N3O2S.ClH/c17-16(18)13-3-1-12(2-4-13)15-7-6-14-9-11-5-8-19-10-11;/h1-5,8,10,14-15H,6-7,9H2;1H/p-1. The van der Waals surface area contributed by atoms with Gasteiger partial charge in [-0.15, -0.1) is 0 Å². The lowest BCUT2D eigenvalue weighted by Crippen LogP contribution is -3.00. The fraction of sp³-hybridized carbons (Fsp3) is 0.231. The first-order valence-corrected chi connectivity index (χ1v) is 6.90. The molecule has 0 aliphatic heterocycles. The van der Waals surface area contributed by atoms with Crippen molar-refractivity contribution in [2.45, 2.75) is 6.54 Å². The van der Waals surface area contributed by atoms with E-state index in [-0.39, 0.29) is 18.1 Å². The molecule has 0 spiro atoms. The maximum absolute atomic E-state index is 10.5. The molecule has 0 aliphatic rings. The summed E-state index contributed by atoms with van der Waals surface area (Å²) in [6.45, 7) is 2.49. The van der Waals surface area contributed by atoms with Crippen molar-refractivity contribution in [2.75, 3.05) is 18.4 Å². The molecule has 0 saturated carbocycles. The van der Waals surface area contributed by atoms with Gasteiger partial charge in [-0.05, 0) is 34.5 Å². The molecule has 0 atom stereocenters. The molecule has 0 saturated heterocycles. The lowest BCUT2D eigenvalue weighted by atomic mass is 10.3. The van der Waals surface area contributed by atoms with Gasteiger partial charge in [-0.3, -0.25) is 10.1 Å². The molecule has 0 bridgehead atoms. The Morgan fingerprint density at radius 1 is 1.15 bits per heavy atom. The maximum Gasteiger partial charge on any atom is 0.269 e. The van der Waals surface area contributed by atoms with Crippen LogP contribution in [0.3, 0.4) is 0 Å². The van der Waals surface area contributed by atoms with Gasteiger partial charge in [-0.2, -0.15) is 11.3 Å². The number of nitro benzene ring substituents is 1. The first-order valence-electron chi connectivity index (χ1n) is 5.96. The molecule has 20 heavy (non-hydrogen) atoms. The highest BCUT2D eigenvalue weighted by molar-refractivity contribution is 7.07. The van der Waals surface area contributed by atoms with Crippen molar-refractivity contribution in [1.82, 2.24) is 5.32 Å². The largest absolute Gasteiger partial charge is 1.00 e. The van der Waals surface area contributed by atoms with Gasteiger partial charge in [0.05, 0.1) is 4.92 Å². The number of benzene rings is 1. The topological polar surface area (TPSA) is 67.2 Å². The molecule has 108 valence electrons. The molecule has 5 nitrogen and oxygen atoms in total. The summed E-state index contributed by atoms with van der Waals surface area (Å²) in [5, 5.41) is 21.2. The summed E-state index contributed by atoms with van der Waals surface area (Å²) in [5.74, 6) is 0. The second kappa shape index (κ2) is 8.52. The third-order valence-electron chi connectivity index (χ3n) is 2.62. The van der Waals surface area contributed by atoms with E-state index in [0.29, 0.717) is 0 Å². The Kier molecular flexibility index (Phi) is 7.00. The Bertz CT molecular complexity index is 517. The lowest BCUT2D eigenvalue weighted by Gasteiger charge is -2.07. The van der Waals surface area contributed by atoms with Gasteiger partial charge >= 0.3 is 0 Å². The SMILES string of the molecule is O=[N+]([O-])c1ccc(NCCNCc2ccsc2)cc1.[Cl-]. The van der Waals surface area contributed by atoms with Crippen LogP contribution in [-0.4, -0.2) is 18.0 Å². The molecule has 1 aromatic heterocycles. The van der Waals surface area contributed by atoms with Crippen LogP contribution in [0.2, 0.25) is 0 Å². The van der Waals surface area contributed by atoms with Crippen molar-refractivity contribution < 1.29 is 17.3 Å². The lowest BCUT2D eigenvalue weighted by molar-refractivity contribution is -0.384. The van der Waals surface area contributed by atoms with Crippen molar-refractivity contribution in [3.05, 3.63) is 56.8 Å². The number of hydrogen-bond acceptors (Lipinski definition) is 5. The van der Waals surface area contributed by atoms with Gasteiger partial charge in [0.15, 0.2) is 0 Å². The minimum absolute atomic E-state index is 0. The molecule has 0 amide bonds. The van der Waals surface area contributed by atoms with Crippen LogP contribution in [0.25, 0.3) is 0 Å². The van der Waals surface area contributed by atoms with E-state index in [9.17, 15) is 10.1 Å². The highest BCUT2D eigenvalue weighted by Gasteiger charge is 2.02. The number of anilines is 1. The highest BCUT2D eigenvalue weighted by Crippen LogP contribution is 2.14. The van der Waals surface area contributed by atoms with E-state index in [0.717, 1.165) is 25.3 Å². The zero-order valence-corrected chi connectivity index (χ0v) is 12.3. The first kappa shape index (κ1) is 16.4. The third kappa shape index (κ3) is 5.16. The highest BCUT2D eigenvalue weighted by atomic mass is 35.5. The van der Waals surface area contributed by atoms with Gasteiger partial charge < -0.3 is 23.0 Å². The van der Waals surface area contributed by atoms with Crippen LogP contribution in [0.1, 0.15) is 5.56 Å². The number of hydrogen-bond donors (Lipinski definition) is 2. The number of nitrogens with one attached hydrogen (secondary N) is 2. The summed E-state index contributed by atoms with van der Waals surface area (Å²) in [6, 6.07) is 8.54. The summed E-state index contributed by atoms with van der Waals surface area (Å²) in [6.07, 6.45) is 0. The number of nitrogens with zero attached hydrogens (tertiary/aromatic N) is 1. The van der Waals surface area contributed by atoms with Crippen LogP contribution in [0, 0.1) is 10.1 Å². The Balaban J connectivity index is 0.00000200. The molecule has 2 aromatic rings. The van der Waals surface area contributed by atoms with Gasteiger partial charge in [0, 0.05) is 37.5 Å². The molecule has 1 heterocycles. The zero-order chi connectivity index (χ0) is 13.5. The molecule has 0 fully saturated rings. The molecular weight excluding hydrogens is 298 g/mol. The van der Waals surface area contributed by atoms with Crippen LogP contribution in [0.4, 0.5) is 11.4 Å². The Labute approximate surface area is 127 Å². The maximum atomic E-state index is 10.5. The second-order valence-corrected chi connectivity index (χ2v) is 4.82. The average Bonchev–Trinajstić information content (AvgIpc) is 2.92. The van der Waals surface area contributed by atoms with Crippen molar-refractivity contribution in [3.8, 4) is 0 Å². The van der Waals surface area contributed by atoms with Crippen molar-refractivity contribution in [2.24, 2.45) is 0 Å². The molecule has 0 unspecified atom stereocenters. The normalized spacial score (nSPS) is 9.80. The number of halogens is 1. The molecule has 0 radical (unpaired) electrons. The molecule has 2 N–H and O–H groups in total. The van der Waals surface area contributed by atoms with Crippen LogP contribution < -0.4 is 23.0 Å². The van der Waals surface area contributed by atoms with Gasteiger partial charge in [0.2, 0.25) is 0 Å². The first-order chi connectivity index (χ1) is 9.25. The third-order valence-corrected chi connectivity index (χ3v) is 3.35. The fourth-order valence-electron chi connectivity index (χ4n) is 1.62. The van der Waals surface area contributed by atoms with E-state index in [1.165, 1.54) is 17.7 Å². The molecule has 7 heteroatoms. The summed E-state index contributed by atoms with van der Waals surface area (Å²) < 4.78 is 0. The number of rotatable bonds is 7. The smallest absolute Gasteiger partial charge is 0.269 e. The van der Waals surface area contributed by atoms with Gasteiger partial charge in [-0.25, -0.2) is 0 Å². The van der Waals surface area contributed by atoms with Crippen molar-refractivity contribution >= 4 is 22.7 Å². The molecule has 0 aliphatic carbocycles. The van der Waals surface area contributed by atoms with E-state index in [2.05, 4.69) is 27.5 Å². The number of thiophene rings is 1. The van der Waals surface area contributed by atoms with Gasteiger partial charge in [-0.1, -0.05) is 0 Å². The summed E-state index contributed by atoms with van der Waals surface area (Å²) >= 11 is 1.69. The quantitative estimate of drug-likeness (QED) is 0.424. The molecule has 2 rings (SSSR count). The Hall–Kier alpha value is -1.63. The minimum Gasteiger partial charge on any atom is -1.00 e. The molecule has 1 aromatic carbocycles. The van der Waals surface area contributed by atoms with E-state index < -0.39 is 4.92 Å². The average molecular weight is 313 g/mol. The van der Waals surface area contributed by atoms with E-state index in [1.807, 2.05) is 0 Å². The summed E-state index contributed by atoms with van der Waals surface area (Å²) in [5.41, 5.74) is 2.30. The van der Waals surface area contributed by atoms with E-state index >= 15 is 0 Å². The Morgan fingerprint density at radius 2 is 1.90 bits per heavy atom. The number of non-ortho nitro benzene ring substituents is 1. The van der Waals surface area contributed by atoms with Crippen LogP contribution in [0.15, 0.2) is 41.1 Å². The van der Waals surface area contributed by atoms with Crippen molar-refractivity contribution in [3.63, 3.8) is 0 Å². The minimum atomic E-state index is -0.397. The van der Waals surface area contributed by atoms with Gasteiger partial charge in [0.25, 0.3) is 5.69 Å². The monoisotopic (exact) mass is 312 g/mol. The van der Waals surface area contributed by atoms with E-state index in [4.69, 9.17) is 0 Å². The second-order valence-electron chi connectivity index (χ2n) is 4.04. The predicted molar refractivity (Wildman–Crippen MR) is 77.6 cm³/mol. The summed E-state index contributed by atoms with van der Waals surface area (Å²) in [4.78, 5) is 10.1. The molecular formula is C13H15ClN3O2S-. The van der Waals surface area contributed by atoms with Crippen LogP contribution in [-0.2, 0) is 6.54 Å². The van der Waals surface area contributed by atoms with E-state index in [1.54, 1.807) is 23.5 Å². The number of nitro groups is 1. The van der Waals surface area contributed by atoms with Gasteiger partial charge in [0.1, 0.15) is 0 Å². The van der Waals surface area contributed by atoms with Crippen molar-refractivity contribution in [1.29, 1.82) is 0 Å². The van der Waals surface area contributed by atoms with Crippen LogP contribution >= 0.6 is 11.3 Å². The fourth-order valence-corrected chi connectivity index (χ4v) is 2.29. The Morgan fingerprint density at radius 3 is 2.50 bits per heavy atom. The zero-order valence-electron chi connectivity index (χ0n) is 10.7. The predicted octanol–water partition coefficient (Wildman–Crippen LogP) is -0.138.